The fraction of sp³-hybridized carbons (Fsp3) is 0.364. The van der Waals surface area contributed by atoms with Crippen molar-refractivity contribution in [2.24, 2.45) is 0 Å². The van der Waals surface area contributed by atoms with Crippen molar-refractivity contribution in [1.29, 1.82) is 0 Å². The van der Waals surface area contributed by atoms with Crippen LogP contribution in [0.2, 0.25) is 5.02 Å². The number of hydrogen-bond donors (Lipinski definition) is 1. The summed E-state index contributed by atoms with van der Waals surface area (Å²) in [5.41, 5.74) is 0.760. The molecule has 1 heterocycles. The van der Waals surface area contributed by atoms with Crippen LogP contribution in [0.4, 0.5) is 0 Å². The van der Waals surface area contributed by atoms with Crippen LogP contribution in [0, 0.1) is 0 Å². The van der Waals surface area contributed by atoms with Crippen LogP contribution in [-0.2, 0) is 0 Å². The fourth-order valence-corrected chi connectivity index (χ4v) is 2.23. The molecule has 18 heavy (non-hydrogen) atoms. The van der Waals surface area contributed by atoms with E-state index in [0.717, 1.165) is 22.5 Å². The van der Waals surface area contributed by atoms with Gasteiger partial charge < -0.3 is 5.32 Å². The summed E-state index contributed by atoms with van der Waals surface area (Å²) in [6.07, 6.45) is 0. The molecule has 1 atom stereocenters. The molecule has 5 nitrogen and oxygen atoms in total. The molecule has 0 aliphatic rings. The molecule has 0 aliphatic heterocycles. The quantitative estimate of drug-likeness (QED) is 0.936. The molecule has 1 aromatic carbocycles. The first-order valence-corrected chi connectivity index (χ1v) is 6.77. The van der Waals surface area contributed by atoms with Gasteiger partial charge in [-0.15, -0.1) is 5.10 Å². The molecule has 0 saturated heterocycles. The van der Waals surface area contributed by atoms with Crippen molar-refractivity contribution < 1.29 is 0 Å². The van der Waals surface area contributed by atoms with Gasteiger partial charge >= 0.3 is 0 Å². The van der Waals surface area contributed by atoms with Gasteiger partial charge in [0.25, 0.3) is 0 Å². The van der Waals surface area contributed by atoms with Crippen LogP contribution in [-0.4, -0.2) is 26.8 Å². The molecule has 96 valence electrons. The Balaban J connectivity index is 2.45. The maximum Gasteiger partial charge on any atom is 0.173 e. The molecule has 1 aromatic heterocycles. The Labute approximate surface area is 119 Å². The number of nitrogens with zero attached hydrogens (tertiary/aromatic N) is 4. The molecular weight excluding hydrogens is 318 g/mol. The van der Waals surface area contributed by atoms with Crippen molar-refractivity contribution in [1.82, 2.24) is 25.5 Å². The molecule has 0 fully saturated rings. The summed E-state index contributed by atoms with van der Waals surface area (Å²) in [4.78, 5) is 0. The predicted octanol–water partition coefficient (Wildman–Crippen LogP) is 2.75. The molecule has 1 N–H and O–H groups in total. The van der Waals surface area contributed by atoms with Crippen molar-refractivity contribution in [3.8, 4) is 5.69 Å². The van der Waals surface area contributed by atoms with Gasteiger partial charge in [-0.2, -0.15) is 4.68 Å². The minimum atomic E-state index is 0.0556. The van der Waals surface area contributed by atoms with Gasteiger partial charge in [0.2, 0.25) is 0 Å². The van der Waals surface area contributed by atoms with E-state index < -0.39 is 0 Å². The van der Waals surface area contributed by atoms with Gasteiger partial charge in [-0.05, 0) is 42.1 Å². The largest absolute Gasteiger partial charge is 0.308 e. The van der Waals surface area contributed by atoms with Crippen molar-refractivity contribution in [3.63, 3.8) is 0 Å². The Morgan fingerprint density at radius 3 is 3.00 bits per heavy atom. The van der Waals surface area contributed by atoms with Crippen molar-refractivity contribution in [2.45, 2.75) is 19.9 Å². The number of tetrazole rings is 1. The van der Waals surface area contributed by atoms with Gasteiger partial charge in [0.05, 0.1) is 16.8 Å². The van der Waals surface area contributed by atoms with E-state index >= 15 is 0 Å². The lowest BCUT2D eigenvalue weighted by Gasteiger charge is -2.13. The maximum absolute atomic E-state index is 6.18. The topological polar surface area (TPSA) is 55.6 Å². The van der Waals surface area contributed by atoms with Gasteiger partial charge in [-0.1, -0.05) is 34.5 Å². The highest BCUT2D eigenvalue weighted by molar-refractivity contribution is 9.10. The van der Waals surface area contributed by atoms with Gasteiger partial charge in [0.15, 0.2) is 5.82 Å². The third kappa shape index (κ3) is 2.71. The molecule has 7 heteroatoms. The van der Waals surface area contributed by atoms with E-state index in [4.69, 9.17) is 11.6 Å². The lowest BCUT2D eigenvalue weighted by Crippen LogP contribution is -2.21. The number of aromatic nitrogens is 4. The number of benzene rings is 1. The molecule has 0 spiro atoms. The first-order valence-electron chi connectivity index (χ1n) is 5.60. The zero-order chi connectivity index (χ0) is 13.1. The van der Waals surface area contributed by atoms with Crippen LogP contribution in [0.15, 0.2) is 22.7 Å². The number of halogens is 2. The van der Waals surface area contributed by atoms with E-state index in [-0.39, 0.29) is 6.04 Å². The lowest BCUT2D eigenvalue weighted by molar-refractivity contribution is 0.550. The van der Waals surface area contributed by atoms with Crippen LogP contribution in [0.1, 0.15) is 25.7 Å². The Morgan fingerprint density at radius 1 is 1.50 bits per heavy atom. The van der Waals surface area contributed by atoms with E-state index in [2.05, 4.69) is 36.8 Å². The van der Waals surface area contributed by atoms with Crippen LogP contribution in [0.5, 0.6) is 0 Å². The third-order valence-electron chi connectivity index (χ3n) is 2.53. The number of rotatable bonds is 4. The second-order valence-corrected chi connectivity index (χ2v) is 5.15. The summed E-state index contributed by atoms with van der Waals surface area (Å²) in [6.45, 7) is 4.90. The van der Waals surface area contributed by atoms with Gasteiger partial charge in [-0.3, -0.25) is 0 Å². The highest BCUT2D eigenvalue weighted by Gasteiger charge is 2.16. The summed E-state index contributed by atoms with van der Waals surface area (Å²) in [6, 6.07) is 5.63. The van der Waals surface area contributed by atoms with E-state index in [1.54, 1.807) is 4.68 Å². The van der Waals surface area contributed by atoms with Crippen LogP contribution in [0.25, 0.3) is 5.69 Å². The van der Waals surface area contributed by atoms with E-state index in [1.807, 2.05) is 32.0 Å². The lowest BCUT2D eigenvalue weighted by atomic mass is 10.3. The SMILES string of the molecule is CCNC(C)c1nnnn1-c1cc(Br)ccc1Cl. The maximum atomic E-state index is 6.18. The Bertz CT molecular complexity index is 542. The minimum Gasteiger partial charge on any atom is -0.308 e. The van der Waals surface area contributed by atoms with E-state index in [0.29, 0.717) is 5.02 Å². The van der Waals surface area contributed by atoms with Gasteiger partial charge in [-0.25, -0.2) is 0 Å². The minimum absolute atomic E-state index is 0.0556. The molecule has 0 saturated carbocycles. The van der Waals surface area contributed by atoms with Crippen LogP contribution in [0.3, 0.4) is 0 Å². The summed E-state index contributed by atoms with van der Waals surface area (Å²) in [7, 11) is 0. The van der Waals surface area contributed by atoms with Gasteiger partial charge in [0, 0.05) is 4.47 Å². The zero-order valence-electron chi connectivity index (χ0n) is 10.1. The van der Waals surface area contributed by atoms with Crippen molar-refractivity contribution in [3.05, 3.63) is 33.5 Å². The first kappa shape index (κ1) is 13.5. The van der Waals surface area contributed by atoms with E-state index in [1.165, 1.54) is 0 Å². The smallest absolute Gasteiger partial charge is 0.173 e. The average Bonchev–Trinajstić information content (AvgIpc) is 2.81. The average molecular weight is 331 g/mol. The summed E-state index contributed by atoms with van der Waals surface area (Å²) >= 11 is 9.60. The fourth-order valence-electron chi connectivity index (χ4n) is 1.68. The number of hydrogen-bond acceptors (Lipinski definition) is 4. The Kier molecular flexibility index (Phi) is 4.31. The second kappa shape index (κ2) is 5.77. The monoisotopic (exact) mass is 329 g/mol. The Hall–Kier alpha value is -0.980. The summed E-state index contributed by atoms with van der Waals surface area (Å²) in [5, 5.41) is 15.7. The molecule has 2 rings (SSSR count). The zero-order valence-corrected chi connectivity index (χ0v) is 12.4. The molecular formula is C11H13BrClN5. The normalized spacial score (nSPS) is 12.7. The molecule has 0 radical (unpaired) electrons. The molecule has 0 amide bonds. The van der Waals surface area contributed by atoms with Crippen molar-refractivity contribution in [2.75, 3.05) is 6.54 Å². The summed E-state index contributed by atoms with van der Waals surface area (Å²) in [5.74, 6) is 0.733. The standard InChI is InChI=1S/C11H13BrClN5/c1-3-14-7(2)11-15-16-17-18(11)10-6-8(12)4-5-9(10)13/h4-7,14H,3H2,1-2H3. The van der Waals surface area contributed by atoms with Crippen LogP contribution < -0.4 is 5.32 Å². The van der Waals surface area contributed by atoms with Gasteiger partial charge in [0.1, 0.15) is 0 Å². The molecule has 0 aliphatic carbocycles. The highest BCUT2D eigenvalue weighted by Crippen LogP contribution is 2.25. The van der Waals surface area contributed by atoms with Crippen LogP contribution >= 0.6 is 27.5 Å². The molecule has 2 aromatic rings. The molecule has 1 unspecified atom stereocenters. The van der Waals surface area contributed by atoms with Crippen molar-refractivity contribution >= 4 is 27.5 Å². The summed E-state index contributed by atoms with van der Waals surface area (Å²) < 4.78 is 2.58. The highest BCUT2D eigenvalue weighted by atomic mass is 79.9. The number of nitrogens with one attached hydrogen (secondary N) is 1. The molecule has 0 bridgehead atoms. The second-order valence-electron chi connectivity index (χ2n) is 3.82. The first-order chi connectivity index (χ1) is 8.63. The predicted molar refractivity (Wildman–Crippen MR) is 74.0 cm³/mol. The third-order valence-corrected chi connectivity index (χ3v) is 3.34. The Morgan fingerprint density at radius 2 is 2.28 bits per heavy atom. The van der Waals surface area contributed by atoms with E-state index in [9.17, 15) is 0 Å².